The van der Waals surface area contributed by atoms with Gasteiger partial charge in [-0.05, 0) is 55.5 Å². The standard InChI is InChI=1S/C24H25ClN4O/c25-19-11-9-18(10-12-19)24(13-5-14-24)23(30)26-20-7-4-6-17(16-20)22-28-27-21-8-2-1-3-15-29(21)22/h4,6-7,9-12,16H,1-3,5,8,13-15H2,(H,26,30). The van der Waals surface area contributed by atoms with Gasteiger partial charge in [-0.1, -0.05) is 48.7 Å². The van der Waals surface area contributed by atoms with Gasteiger partial charge in [0.1, 0.15) is 5.82 Å². The number of benzene rings is 2. The predicted molar refractivity (Wildman–Crippen MR) is 119 cm³/mol. The zero-order chi connectivity index (χ0) is 20.6. The van der Waals surface area contributed by atoms with Gasteiger partial charge in [0, 0.05) is 29.2 Å². The number of amides is 1. The lowest BCUT2D eigenvalue weighted by Crippen LogP contribution is -2.46. The lowest BCUT2D eigenvalue weighted by molar-refractivity contribution is -0.124. The van der Waals surface area contributed by atoms with Crippen molar-refractivity contribution in [3.05, 3.63) is 64.9 Å². The van der Waals surface area contributed by atoms with Gasteiger partial charge in [-0.2, -0.15) is 0 Å². The second-order valence-corrected chi connectivity index (χ2v) is 8.82. The second-order valence-electron chi connectivity index (χ2n) is 8.38. The van der Waals surface area contributed by atoms with Crippen LogP contribution in [0, 0.1) is 0 Å². The van der Waals surface area contributed by atoms with E-state index in [4.69, 9.17) is 11.6 Å². The maximum absolute atomic E-state index is 13.3. The lowest BCUT2D eigenvalue weighted by atomic mass is 9.64. The van der Waals surface area contributed by atoms with E-state index in [2.05, 4.69) is 20.1 Å². The van der Waals surface area contributed by atoms with E-state index in [1.165, 1.54) is 12.8 Å². The monoisotopic (exact) mass is 420 g/mol. The predicted octanol–water partition coefficient (Wildman–Crippen LogP) is 5.39. The topological polar surface area (TPSA) is 59.8 Å². The number of carbonyl (C=O) groups is 1. The van der Waals surface area contributed by atoms with Crippen LogP contribution in [0.4, 0.5) is 5.69 Å². The molecule has 2 aliphatic rings. The Morgan fingerprint density at radius 3 is 2.60 bits per heavy atom. The molecule has 154 valence electrons. The minimum Gasteiger partial charge on any atom is -0.325 e. The molecule has 1 N–H and O–H groups in total. The first-order valence-corrected chi connectivity index (χ1v) is 11.1. The van der Waals surface area contributed by atoms with E-state index in [1.54, 1.807) is 0 Å². The number of halogens is 1. The Labute approximate surface area is 181 Å². The first-order valence-electron chi connectivity index (χ1n) is 10.8. The quantitative estimate of drug-likeness (QED) is 0.615. The molecular formula is C24H25ClN4O. The summed E-state index contributed by atoms with van der Waals surface area (Å²) < 4.78 is 2.23. The van der Waals surface area contributed by atoms with E-state index in [0.29, 0.717) is 5.02 Å². The summed E-state index contributed by atoms with van der Waals surface area (Å²) in [6, 6.07) is 15.6. The number of rotatable bonds is 4. The molecule has 1 saturated carbocycles. The van der Waals surface area contributed by atoms with Crippen LogP contribution in [0.5, 0.6) is 0 Å². The molecule has 1 amide bonds. The largest absolute Gasteiger partial charge is 0.325 e. The van der Waals surface area contributed by atoms with Crippen LogP contribution in [0.1, 0.15) is 49.9 Å². The number of aromatic nitrogens is 3. The molecule has 30 heavy (non-hydrogen) atoms. The Kier molecular flexibility index (Phi) is 5.07. The summed E-state index contributed by atoms with van der Waals surface area (Å²) >= 11 is 6.05. The van der Waals surface area contributed by atoms with E-state index in [9.17, 15) is 4.79 Å². The average molecular weight is 421 g/mol. The van der Waals surface area contributed by atoms with Crippen molar-refractivity contribution < 1.29 is 4.79 Å². The second kappa shape index (κ2) is 7.88. The number of hydrogen-bond acceptors (Lipinski definition) is 3. The Bertz CT molecular complexity index is 1070. The molecular weight excluding hydrogens is 396 g/mol. The number of fused-ring (bicyclic) bond motifs is 1. The summed E-state index contributed by atoms with van der Waals surface area (Å²) in [7, 11) is 0. The Hall–Kier alpha value is -2.66. The molecule has 2 aromatic carbocycles. The smallest absolute Gasteiger partial charge is 0.235 e. The van der Waals surface area contributed by atoms with Crippen LogP contribution < -0.4 is 5.32 Å². The van der Waals surface area contributed by atoms with Crippen molar-refractivity contribution in [3.63, 3.8) is 0 Å². The van der Waals surface area contributed by atoms with Gasteiger partial charge >= 0.3 is 0 Å². The first kappa shape index (κ1) is 19.3. The molecule has 0 spiro atoms. The lowest BCUT2D eigenvalue weighted by Gasteiger charge is -2.40. The molecule has 1 aromatic heterocycles. The first-order chi connectivity index (χ1) is 14.7. The third-order valence-corrected chi connectivity index (χ3v) is 6.78. The van der Waals surface area contributed by atoms with E-state index in [-0.39, 0.29) is 5.91 Å². The fourth-order valence-electron chi connectivity index (χ4n) is 4.63. The Balaban J connectivity index is 1.40. The van der Waals surface area contributed by atoms with Crippen molar-refractivity contribution in [3.8, 4) is 11.4 Å². The number of aryl methyl sites for hydroxylation is 1. The van der Waals surface area contributed by atoms with Crippen molar-refractivity contribution >= 4 is 23.2 Å². The van der Waals surface area contributed by atoms with Gasteiger partial charge in [0.05, 0.1) is 5.41 Å². The van der Waals surface area contributed by atoms with Gasteiger partial charge in [0.15, 0.2) is 5.82 Å². The van der Waals surface area contributed by atoms with Crippen LogP contribution in [0.2, 0.25) is 5.02 Å². The molecule has 0 bridgehead atoms. The average Bonchev–Trinajstić information content (AvgIpc) is 2.97. The van der Waals surface area contributed by atoms with Gasteiger partial charge in [-0.25, -0.2) is 0 Å². The van der Waals surface area contributed by atoms with Crippen LogP contribution in [0.3, 0.4) is 0 Å². The highest BCUT2D eigenvalue weighted by molar-refractivity contribution is 6.30. The number of carbonyl (C=O) groups excluding carboxylic acids is 1. The molecule has 0 saturated heterocycles. The van der Waals surface area contributed by atoms with E-state index in [1.807, 2.05) is 48.5 Å². The van der Waals surface area contributed by atoms with Crippen molar-refractivity contribution in [1.29, 1.82) is 0 Å². The highest BCUT2D eigenvalue weighted by Crippen LogP contribution is 2.45. The fourth-order valence-corrected chi connectivity index (χ4v) is 4.76. The molecule has 5 rings (SSSR count). The highest BCUT2D eigenvalue weighted by atomic mass is 35.5. The Morgan fingerprint density at radius 1 is 1.00 bits per heavy atom. The molecule has 0 unspecified atom stereocenters. The number of nitrogens with zero attached hydrogens (tertiary/aromatic N) is 3. The van der Waals surface area contributed by atoms with Gasteiger partial charge in [0.2, 0.25) is 5.91 Å². The fraction of sp³-hybridized carbons (Fsp3) is 0.375. The SMILES string of the molecule is O=C(Nc1cccc(-c2nnc3n2CCCCC3)c1)C1(c2ccc(Cl)cc2)CCC1. The third-order valence-electron chi connectivity index (χ3n) is 6.53. The normalized spacial score (nSPS) is 17.5. The summed E-state index contributed by atoms with van der Waals surface area (Å²) in [5.41, 5.74) is 2.35. The molecule has 3 aromatic rings. The third kappa shape index (κ3) is 3.41. The van der Waals surface area contributed by atoms with Gasteiger partial charge < -0.3 is 9.88 Å². The highest BCUT2D eigenvalue weighted by Gasteiger charge is 2.45. The zero-order valence-corrected chi connectivity index (χ0v) is 17.7. The zero-order valence-electron chi connectivity index (χ0n) is 16.9. The van der Waals surface area contributed by atoms with Crippen LogP contribution >= 0.6 is 11.6 Å². The summed E-state index contributed by atoms with van der Waals surface area (Å²) in [5, 5.41) is 12.7. The maximum Gasteiger partial charge on any atom is 0.235 e. The molecule has 1 aliphatic carbocycles. The summed E-state index contributed by atoms with van der Waals surface area (Å²) in [4.78, 5) is 13.3. The molecule has 5 nitrogen and oxygen atoms in total. The van der Waals surface area contributed by atoms with Crippen LogP contribution in [-0.4, -0.2) is 20.7 Å². The van der Waals surface area contributed by atoms with Crippen LogP contribution in [0.25, 0.3) is 11.4 Å². The summed E-state index contributed by atoms with van der Waals surface area (Å²) in [6.45, 7) is 0.952. The number of nitrogens with one attached hydrogen (secondary N) is 1. The molecule has 6 heteroatoms. The molecule has 1 fully saturated rings. The molecule has 2 heterocycles. The van der Waals surface area contributed by atoms with Crippen molar-refractivity contribution in [2.75, 3.05) is 5.32 Å². The van der Waals surface area contributed by atoms with Crippen LogP contribution in [-0.2, 0) is 23.2 Å². The van der Waals surface area contributed by atoms with E-state index < -0.39 is 5.41 Å². The minimum absolute atomic E-state index is 0.0493. The number of hydrogen-bond donors (Lipinski definition) is 1. The van der Waals surface area contributed by atoms with Gasteiger partial charge in [0.25, 0.3) is 0 Å². The van der Waals surface area contributed by atoms with Crippen LogP contribution in [0.15, 0.2) is 48.5 Å². The van der Waals surface area contributed by atoms with E-state index in [0.717, 1.165) is 67.1 Å². The van der Waals surface area contributed by atoms with Crippen molar-refractivity contribution in [2.24, 2.45) is 0 Å². The minimum atomic E-state index is -0.466. The van der Waals surface area contributed by atoms with Crippen molar-refractivity contribution in [1.82, 2.24) is 14.8 Å². The maximum atomic E-state index is 13.3. The summed E-state index contributed by atoms with van der Waals surface area (Å²) in [5.74, 6) is 2.00. The number of anilines is 1. The van der Waals surface area contributed by atoms with Crippen molar-refractivity contribution in [2.45, 2.75) is 56.9 Å². The Morgan fingerprint density at radius 2 is 1.83 bits per heavy atom. The molecule has 0 radical (unpaired) electrons. The molecule has 1 aliphatic heterocycles. The van der Waals surface area contributed by atoms with E-state index >= 15 is 0 Å². The van der Waals surface area contributed by atoms with Gasteiger partial charge in [-0.15, -0.1) is 10.2 Å². The van der Waals surface area contributed by atoms with Gasteiger partial charge in [-0.3, -0.25) is 4.79 Å². The summed E-state index contributed by atoms with van der Waals surface area (Å²) in [6.07, 6.45) is 7.30. The molecule has 0 atom stereocenters.